The Morgan fingerprint density at radius 3 is 2.69 bits per heavy atom. The maximum absolute atomic E-state index is 8.38. The molecule has 4 rings (SSSR count). The number of nitrogens with zero attached hydrogens (tertiary/aromatic N) is 3. The first kappa shape index (κ1) is 22.4. The minimum Gasteiger partial charge on any atom is -0.390 e. The largest absolute Gasteiger partial charge is 0.390 e. The first-order valence-corrected chi connectivity index (χ1v) is 11.8. The maximum atomic E-state index is 8.38. The van der Waals surface area contributed by atoms with Crippen LogP contribution in [0.3, 0.4) is 0 Å². The Balaban J connectivity index is 1.53. The number of rotatable bonds is 6. The Kier molecular flexibility index (Phi) is 7.19. The molecule has 2 fully saturated rings. The van der Waals surface area contributed by atoms with Crippen LogP contribution in [0.2, 0.25) is 0 Å². The summed E-state index contributed by atoms with van der Waals surface area (Å²) in [7, 11) is 0. The van der Waals surface area contributed by atoms with Gasteiger partial charge in [-0.05, 0) is 62.5 Å². The van der Waals surface area contributed by atoms with Gasteiger partial charge in [0.1, 0.15) is 5.04 Å². The van der Waals surface area contributed by atoms with Crippen LogP contribution >= 0.6 is 11.8 Å². The minimum atomic E-state index is 0.299. The van der Waals surface area contributed by atoms with Crippen molar-refractivity contribution in [2.75, 3.05) is 13.1 Å². The van der Waals surface area contributed by atoms with Gasteiger partial charge < -0.3 is 16.5 Å². The number of thioether (sulfide) groups is 1. The van der Waals surface area contributed by atoms with E-state index >= 15 is 0 Å². The highest BCUT2D eigenvalue weighted by molar-refractivity contribution is 8.26. The van der Waals surface area contributed by atoms with Crippen molar-refractivity contribution >= 4 is 39.7 Å². The highest BCUT2D eigenvalue weighted by Crippen LogP contribution is 2.35. The van der Waals surface area contributed by atoms with E-state index in [0.29, 0.717) is 33.6 Å². The quantitative estimate of drug-likeness (QED) is 0.339. The first-order valence-electron chi connectivity index (χ1n) is 11.0. The van der Waals surface area contributed by atoms with Crippen LogP contribution in [0.25, 0.3) is 0 Å². The van der Waals surface area contributed by atoms with Crippen LogP contribution < -0.4 is 11.5 Å². The fourth-order valence-electron chi connectivity index (χ4n) is 3.75. The summed E-state index contributed by atoms with van der Waals surface area (Å²) in [5, 5.41) is 17.4. The third-order valence-corrected chi connectivity index (χ3v) is 6.78. The number of aliphatic imine (C=N–C) groups is 2. The standard InChI is InChI=1S/C23H30N8S/c24-14-29-23(20-17(6-9-28-20)13-31-10-7-18(25)8-11-31)30-19-3-1-2-16(12-19)22(27)32-21(26)15-4-5-15/h1-3,6,9,12,14-15,18,26-28H,4-5,7-8,10-11,13,25H2,(H2,24,29,30). The Morgan fingerprint density at radius 2 is 1.97 bits per heavy atom. The van der Waals surface area contributed by atoms with E-state index in [-0.39, 0.29) is 0 Å². The predicted octanol–water partition coefficient (Wildman–Crippen LogP) is 3.45. The SMILES string of the molecule is N=C(SC(=N)C1CC1)c1cccc(N=C(N=CN)c2[nH]ccc2CN2CCC(N)CC2)c1. The second-order valence-electron chi connectivity index (χ2n) is 8.33. The monoisotopic (exact) mass is 450 g/mol. The van der Waals surface area contributed by atoms with E-state index in [1.165, 1.54) is 18.1 Å². The molecule has 0 amide bonds. The summed E-state index contributed by atoms with van der Waals surface area (Å²) in [4.78, 5) is 14.7. The van der Waals surface area contributed by atoms with Gasteiger partial charge in [0, 0.05) is 30.3 Å². The fourth-order valence-corrected chi connectivity index (χ4v) is 4.62. The van der Waals surface area contributed by atoms with Gasteiger partial charge in [-0.1, -0.05) is 23.9 Å². The molecule has 0 bridgehead atoms. The second kappa shape index (κ2) is 10.2. The van der Waals surface area contributed by atoms with Crippen LogP contribution in [0.4, 0.5) is 5.69 Å². The van der Waals surface area contributed by atoms with Gasteiger partial charge in [0.2, 0.25) is 0 Å². The van der Waals surface area contributed by atoms with E-state index < -0.39 is 0 Å². The van der Waals surface area contributed by atoms with E-state index in [4.69, 9.17) is 27.3 Å². The molecule has 1 aromatic heterocycles. The van der Waals surface area contributed by atoms with E-state index in [9.17, 15) is 0 Å². The van der Waals surface area contributed by atoms with Crippen molar-refractivity contribution in [2.24, 2.45) is 27.4 Å². The molecular weight excluding hydrogens is 420 g/mol. The third-order valence-electron chi connectivity index (χ3n) is 5.78. The van der Waals surface area contributed by atoms with Crippen molar-refractivity contribution in [1.29, 1.82) is 10.8 Å². The molecule has 168 valence electrons. The summed E-state index contributed by atoms with van der Waals surface area (Å²) in [5.41, 5.74) is 15.1. The fraction of sp³-hybridized carbons (Fsp3) is 0.391. The van der Waals surface area contributed by atoms with E-state index in [2.05, 4.69) is 20.9 Å². The normalized spacial score (nSPS) is 18.3. The van der Waals surface area contributed by atoms with Gasteiger partial charge in [-0.15, -0.1) is 0 Å². The number of nitrogens with one attached hydrogen (secondary N) is 3. The number of amidine groups is 1. The molecule has 8 nitrogen and oxygen atoms in total. The van der Waals surface area contributed by atoms with Gasteiger partial charge in [-0.25, -0.2) is 9.98 Å². The Labute approximate surface area is 192 Å². The lowest BCUT2D eigenvalue weighted by atomic mass is 10.1. The van der Waals surface area contributed by atoms with Crippen molar-refractivity contribution in [2.45, 2.75) is 38.3 Å². The number of aromatic amines is 1. The summed E-state index contributed by atoms with van der Waals surface area (Å²) in [6.07, 6.45) is 7.29. The summed E-state index contributed by atoms with van der Waals surface area (Å²) < 4.78 is 0. The highest BCUT2D eigenvalue weighted by Gasteiger charge is 2.27. The van der Waals surface area contributed by atoms with Gasteiger partial charge >= 0.3 is 0 Å². The number of nitrogens with two attached hydrogens (primary N) is 2. The van der Waals surface area contributed by atoms with Crippen LogP contribution in [-0.4, -0.2) is 51.3 Å². The molecule has 9 heteroatoms. The molecule has 0 spiro atoms. The lowest BCUT2D eigenvalue weighted by molar-refractivity contribution is 0.205. The average Bonchev–Trinajstić information content (AvgIpc) is 3.55. The average molecular weight is 451 g/mol. The van der Waals surface area contributed by atoms with E-state index in [1.807, 2.05) is 30.5 Å². The molecule has 0 atom stereocenters. The smallest absolute Gasteiger partial charge is 0.178 e. The Bertz CT molecular complexity index is 1030. The summed E-state index contributed by atoms with van der Waals surface area (Å²) in [6, 6.07) is 9.84. The second-order valence-corrected chi connectivity index (χ2v) is 9.38. The van der Waals surface area contributed by atoms with Crippen LogP contribution in [-0.2, 0) is 6.54 Å². The highest BCUT2D eigenvalue weighted by atomic mass is 32.2. The number of aromatic nitrogens is 1. The van der Waals surface area contributed by atoms with Crippen LogP contribution in [0, 0.1) is 16.7 Å². The molecular formula is C23H30N8S. The van der Waals surface area contributed by atoms with Crippen LogP contribution in [0.1, 0.15) is 42.5 Å². The minimum absolute atomic E-state index is 0.299. The number of likely N-dealkylation sites (tertiary alicyclic amines) is 1. The molecule has 32 heavy (non-hydrogen) atoms. The van der Waals surface area contributed by atoms with Gasteiger partial charge in [0.15, 0.2) is 5.84 Å². The lowest BCUT2D eigenvalue weighted by Gasteiger charge is -2.30. The summed E-state index contributed by atoms with van der Waals surface area (Å²) in [6.45, 7) is 2.77. The van der Waals surface area contributed by atoms with Gasteiger partial charge in [0.05, 0.1) is 22.8 Å². The van der Waals surface area contributed by atoms with Gasteiger partial charge in [-0.3, -0.25) is 15.7 Å². The molecule has 1 saturated heterocycles. The van der Waals surface area contributed by atoms with E-state index in [0.717, 1.165) is 62.1 Å². The maximum Gasteiger partial charge on any atom is 0.178 e. The van der Waals surface area contributed by atoms with Crippen molar-refractivity contribution in [3.8, 4) is 0 Å². The zero-order valence-corrected chi connectivity index (χ0v) is 18.9. The summed E-state index contributed by atoms with van der Waals surface area (Å²) >= 11 is 1.23. The zero-order chi connectivity index (χ0) is 22.5. The number of benzene rings is 1. The molecule has 1 saturated carbocycles. The number of hydrogen-bond acceptors (Lipinski definition) is 6. The molecule has 7 N–H and O–H groups in total. The third kappa shape index (κ3) is 5.73. The molecule has 0 unspecified atom stereocenters. The topological polar surface area (TPSA) is 143 Å². The molecule has 0 radical (unpaired) electrons. The Morgan fingerprint density at radius 1 is 1.19 bits per heavy atom. The first-order chi connectivity index (χ1) is 15.5. The predicted molar refractivity (Wildman–Crippen MR) is 133 cm³/mol. The van der Waals surface area contributed by atoms with Crippen molar-refractivity contribution < 1.29 is 0 Å². The molecule has 2 aliphatic rings. The number of H-pyrrole nitrogens is 1. The Hall–Kier alpha value is -2.75. The van der Waals surface area contributed by atoms with Crippen molar-refractivity contribution in [3.63, 3.8) is 0 Å². The zero-order valence-electron chi connectivity index (χ0n) is 18.1. The number of hydrogen-bond donors (Lipinski definition) is 5. The lowest BCUT2D eigenvalue weighted by Crippen LogP contribution is -2.39. The number of piperidine rings is 1. The molecule has 2 aromatic rings. The molecule has 1 aliphatic heterocycles. The van der Waals surface area contributed by atoms with Crippen molar-refractivity contribution in [3.05, 3.63) is 53.3 Å². The van der Waals surface area contributed by atoms with Crippen LogP contribution in [0.15, 0.2) is 46.5 Å². The van der Waals surface area contributed by atoms with Crippen molar-refractivity contribution in [1.82, 2.24) is 9.88 Å². The molecule has 1 aromatic carbocycles. The van der Waals surface area contributed by atoms with E-state index in [1.54, 1.807) is 0 Å². The van der Waals surface area contributed by atoms with Gasteiger partial charge in [0.25, 0.3) is 0 Å². The van der Waals surface area contributed by atoms with Gasteiger partial charge in [-0.2, -0.15) is 0 Å². The molecule has 2 heterocycles. The summed E-state index contributed by atoms with van der Waals surface area (Å²) in [5.74, 6) is 0.845. The van der Waals surface area contributed by atoms with Crippen LogP contribution in [0.5, 0.6) is 0 Å². The molecule has 1 aliphatic carbocycles.